The van der Waals surface area contributed by atoms with E-state index < -0.39 is 0 Å². The number of isocyanates is 2. The van der Waals surface area contributed by atoms with E-state index in [-0.39, 0.29) is 13.1 Å². The Morgan fingerprint density at radius 1 is 0.900 bits per heavy atom. The topological polar surface area (TPSA) is 83.6 Å². The molecule has 0 spiro atoms. The molecule has 0 saturated carbocycles. The van der Waals surface area contributed by atoms with Gasteiger partial charge in [0, 0.05) is 11.1 Å². The number of nitrogens with zero attached hydrogens (tertiary/aromatic N) is 4. The summed E-state index contributed by atoms with van der Waals surface area (Å²) in [6.07, 6.45) is 2.87. The molecule has 1 rings (SSSR count). The molecule has 8 heteroatoms. The van der Waals surface area contributed by atoms with Gasteiger partial charge in [0.2, 0.25) is 12.2 Å². The van der Waals surface area contributed by atoms with Crippen LogP contribution < -0.4 is 0 Å². The van der Waals surface area contributed by atoms with Crippen molar-refractivity contribution in [3.05, 3.63) is 23.3 Å². The number of isothiocyanates is 2. The molecule has 0 fully saturated rings. The van der Waals surface area contributed by atoms with Gasteiger partial charge in [-0.05, 0) is 36.6 Å². The molecule has 0 radical (unpaired) electrons. The summed E-state index contributed by atoms with van der Waals surface area (Å²) in [4.78, 5) is 35.2. The van der Waals surface area contributed by atoms with Crippen LogP contribution in [0.2, 0.25) is 0 Å². The summed E-state index contributed by atoms with van der Waals surface area (Å²) in [5, 5.41) is 4.46. The Hall–Kier alpha value is -2.42. The Labute approximate surface area is 124 Å². The van der Waals surface area contributed by atoms with E-state index in [4.69, 9.17) is 0 Å². The van der Waals surface area contributed by atoms with Gasteiger partial charge in [0.05, 0.1) is 34.8 Å². The minimum atomic E-state index is 0.0396. The normalized spacial score (nSPS) is 8.40. The Morgan fingerprint density at radius 3 is 1.80 bits per heavy atom. The lowest BCUT2D eigenvalue weighted by Gasteiger charge is -2.07. The fourth-order valence-corrected chi connectivity index (χ4v) is 1.72. The molecule has 0 saturated heterocycles. The van der Waals surface area contributed by atoms with Gasteiger partial charge in [0.25, 0.3) is 0 Å². The average Bonchev–Trinajstić information content (AvgIpc) is 2.45. The zero-order chi connectivity index (χ0) is 14.8. The minimum Gasteiger partial charge on any atom is -0.211 e. The van der Waals surface area contributed by atoms with Gasteiger partial charge in [0.1, 0.15) is 0 Å². The number of thiocarbonyl (C=S) groups is 2. The average molecular weight is 302 g/mol. The zero-order valence-electron chi connectivity index (χ0n) is 9.99. The van der Waals surface area contributed by atoms with Crippen molar-refractivity contribution in [1.29, 1.82) is 0 Å². The first-order valence-electron chi connectivity index (χ1n) is 5.15. The van der Waals surface area contributed by atoms with Gasteiger partial charge in [-0.2, -0.15) is 9.98 Å². The second-order valence-electron chi connectivity index (χ2n) is 3.33. The van der Waals surface area contributed by atoms with Gasteiger partial charge in [0.15, 0.2) is 0 Å². The smallest absolute Gasteiger partial charge is 0.211 e. The monoisotopic (exact) mass is 302 g/mol. The summed E-state index contributed by atoms with van der Waals surface area (Å²) in [6, 6.07) is 3.25. The number of aliphatic imine (C=N–C) groups is 4. The summed E-state index contributed by atoms with van der Waals surface area (Å²) in [7, 11) is 0. The zero-order valence-corrected chi connectivity index (χ0v) is 11.6. The van der Waals surface area contributed by atoms with Gasteiger partial charge in [-0.25, -0.2) is 19.6 Å². The summed E-state index contributed by atoms with van der Waals surface area (Å²) < 4.78 is 0. The van der Waals surface area contributed by atoms with E-state index in [0.29, 0.717) is 22.5 Å². The molecule has 0 aromatic heterocycles. The van der Waals surface area contributed by atoms with E-state index >= 15 is 0 Å². The summed E-state index contributed by atoms with van der Waals surface area (Å²) in [5.74, 6) is 0. The molecule has 0 aliphatic rings. The van der Waals surface area contributed by atoms with E-state index in [1.807, 2.05) is 0 Å². The summed E-state index contributed by atoms with van der Waals surface area (Å²) in [6.45, 7) is 0.0792. The highest BCUT2D eigenvalue weighted by molar-refractivity contribution is 7.78. The van der Waals surface area contributed by atoms with Crippen LogP contribution in [-0.4, -0.2) is 22.5 Å². The standard InChI is InChI=1S/C12H6N4O2S2/c17-5-13-3-9-1-11(15-7-19)2-10(4-14-6-18)12(9)16-8-20/h1-2H,3-4H2. The molecule has 0 unspecified atom stereocenters. The SMILES string of the molecule is O=C=NCc1cc(N=C=S)cc(CN=C=O)c1N=C=S. The van der Waals surface area contributed by atoms with Crippen LogP contribution in [0.5, 0.6) is 0 Å². The maximum atomic E-state index is 10.2. The fourth-order valence-electron chi connectivity index (χ4n) is 1.52. The fraction of sp³-hybridized carbons (Fsp3) is 0.167. The first-order valence-corrected chi connectivity index (χ1v) is 5.97. The Kier molecular flexibility index (Phi) is 6.76. The van der Waals surface area contributed by atoms with Crippen LogP contribution in [-0.2, 0) is 22.7 Å². The number of rotatable bonds is 6. The maximum absolute atomic E-state index is 10.2. The number of benzene rings is 1. The predicted molar refractivity (Wildman–Crippen MR) is 79.5 cm³/mol. The maximum Gasteiger partial charge on any atom is 0.235 e. The number of hydrogen-bond acceptors (Lipinski definition) is 8. The molecule has 0 heterocycles. The van der Waals surface area contributed by atoms with Gasteiger partial charge in [-0.3, -0.25) is 0 Å². The highest BCUT2D eigenvalue weighted by Crippen LogP contribution is 2.31. The van der Waals surface area contributed by atoms with Crippen molar-refractivity contribution < 1.29 is 9.59 Å². The molecule has 20 heavy (non-hydrogen) atoms. The third kappa shape index (κ3) is 4.35. The number of carbonyl (C=O) groups excluding carboxylic acids is 2. The van der Waals surface area contributed by atoms with Crippen molar-refractivity contribution in [3.63, 3.8) is 0 Å². The molecule has 6 nitrogen and oxygen atoms in total. The quantitative estimate of drug-likeness (QED) is 0.459. The van der Waals surface area contributed by atoms with E-state index in [1.165, 1.54) is 12.2 Å². The van der Waals surface area contributed by atoms with E-state index in [0.717, 1.165) is 0 Å². The van der Waals surface area contributed by atoms with Crippen LogP contribution in [0.25, 0.3) is 0 Å². The van der Waals surface area contributed by atoms with Crippen LogP contribution in [0.1, 0.15) is 11.1 Å². The largest absolute Gasteiger partial charge is 0.235 e. The van der Waals surface area contributed by atoms with E-state index in [9.17, 15) is 9.59 Å². The van der Waals surface area contributed by atoms with Crippen LogP contribution in [0.15, 0.2) is 32.1 Å². The molecule has 98 valence electrons. The van der Waals surface area contributed by atoms with Gasteiger partial charge in [-0.15, -0.1) is 0 Å². The van der Waals surface area contributed by atoms with Crippen molar-refractivity contribution in [2.24, 2.45) is 20.0 Å². The molecular weight excluding hydrogens is 296 g/mol. The van der Waals surface area contributed by atoms with Crippen molar-refractivity contribution in [1.82, 2.24) is 0 Å². The molecule has 1 aromatic rings. The lowest BCUT2D eigenvalue weighted by atomic mass is 10.1. The number of hydrogen-bond donors (Lipinski definition) is 0. The predicted octanol–water partition coefficient (Wildman–Crippen LogP) is 2.83. The molecular formula is C12H6N4O2S2. The Bertz CT molecular complexity index is 665. The van der Waals surface area contributed by atoms with Crippen LogP contribution in [0.4, 0.5) is 11.4 Å². The molecule has 0 aliphatic carbocycles. The molecule has 0 N–H and O–H groups in total. The lowest BCUT2D eigenvalue weighted by Crippen LogP contribution is -1.90. The highest BCUT2D eigenvalue weighted by atomic mass is 32.1. The van der Waals surface area contributed by atoms with Crippen molar-refractivity contribution in [2.75, 3.05) is 0 Å². The van der Waals surface area contributed by atoms with Crippen LogP contribution in [0, 0.1) is 0 Å². The van der Waals surface area contributed by atoms with Crippen molar-refractivity contribution in [3.8, 4) is 0 Å². The second kappa shape index (κ2) is 8.64. The molecule has 1 aromatic carbocycles. The molecule has 0 atom stereocenters. The molecule has 0 amide bonds. The van der Waals surface area contributed by atoms with Crippen molar-refractivity contribution in [2.45, 2.75) is 13.1 Å². The third-order valence-electron chi connectivity index (χ3n) is 2.21. The Morgan fingerprint density at radius 2 is 1.40 bits per heavy atom. The minimum absolute atomic E-state index is 0.0396. The second-order valence-corrected chi connectivity index (χ2v) is 3.70. The highest BCUT2D eigenvalue weighted by Gasteiger charge is 2.10. The van der Waals surface area contributed by atoms with Gasteiger partial charge >= 0.3 is 0 Å². The first kappa shape index (κ1) is 15.6. The summed E-state index contributed by atoms with van der Waals surface area (Å²) in [5.41, 5.74) is 2.04. The molecule has 0 bridgehead atoms. The third-order valence-corrected chi connectivity index (χ3v) is 2.40. The van der Waals surface area contributed by atoms with Crippen LogP contribution in [0.3, 0.4) is 0 Å². The first-order chi connectivity index (χ1) is 9.76. The lowest BCUT2D eigenvalue weighted by molar-refractivity contribution is 0.562. The molecule has 0 aliphatic heterocycles. The Balaban J connectivity index is 3.53. The van der Waals surface area contributed by atoms with E-state index in [1.54, 1.807) is 12.1 Å². The van der Waals surface area contributed by atoms with E-state index in [2.05, 4.69) is 54.7 Å². The van der Waals surface area contributed by atoms with Crippen molar-refractivity contribution >= 4 is 58.3 Å². The van der Waals surface area contributed by atoms with Gasteiger partial charge in [-0.1, -0.05) is 0 Å². The summed E-state index contributed by atoms with van der Waals surface area (Å²) >= 11 is 9.12. The van der Waals surface area contributed by atoms with Gasteiger partial charge < -0.3 is 0 Å². The van der Waals surface area contributed by atoms with Crippen LogP contribution >= 0.6 is 24.4 Å².